The second-order valence-electron chi connectivity index (χ2n) is 1.77. The third kappa shape index (κ3) is 1.00. The van der Waals surface area contributed by atoms with Gasteiger partial charge in [-0.15, -0.1) is 0 Å². The Kier molecular flexibility index (Phi) is 1.66. The molecular weight excluding hydrogens is 120 g/mol. The number of amides is 1. The van der Waals surface area contributed by atoms with Crippen molar-refractivity contribution < 1.29 is 9.53 Å². The van der Waals surface area contributed by atoms with Crippen molar-refractivity contribution in [2.24, 2.45) is 5.92 Å². The molecule has 1 saturated heterocycles. The van der Waals surface area contributed by atoms with Crippen molar-refractivity contribution in [1.29, 1.82) is 5.26 Å². The van der Waals surface area contributed by atoms with Gasteiger partial charge in [0, 0.05) is 0 Å². The quantitative estimate of drug-likeness (QED) is 0.494. The molecule has 4 nitrogen and oxygen atoms in total. The van der Waals surface area contributed by atoms with Crippen molar-refractivity contribution in [1.82, 2.24) is 5.32 Å². The number of carbonyl (C=O) groups excluding carboxylic acids is 1. The van der Waals surface area contributed by atoms with Gasteiger partial charge in [0.05, 0.1) is 12.7 Å². The molecule has 1 heterocycles. The molecule has 1 rings (SSSR count). The van der Waals surface area contributed by atoms with E-state index >= 15 is 0 Å². The van der Waals surface area contributed by atoms with Crippen LogP contribution in [0.25, 0.3) is 0 Å². The zero-order valence-corrected chi connectivity index (χ0v) is 4.70. The normalized spacial score (nSPS) is 31.9. The third-order valence-electron chi connectivity index (χ3n) is 1.22. The summed E-state index contributed by atoms with van der Waals surface area (Å²) < 4.78 is 4.81. The molecule has 1 N–H and O–H groups in total. The van der Waals surface area contributed by atoms with Gasteiger partial charge < -0.3 is 10.1 Å². The van der Waals surface area contributed by atoms with Gasteiger partial charge in [-0.05, 0) is 0 Å². The summed E-state index contributed by atoms with van der Waals surface area (Å²) in [6, 6.07) is 1.99. The molecule has 1 aliphatic rings. The Hall–Kier alpha value is -1.08. The molecule has 1 aliphatic heterocycles. The lowest BCUT2D eigenvalue weighted by Gasteiger charge is -2.30. The van der Waals surface area contributed by atoms with Gasteiger partial charge in [-0.2, -0.15) is 5.26 Å². The molecule has 0 aromatic heterocycles. The molecular formula is C5H6N2O2. The maximum atomic E-state index is 9.77. The lowest BCUT2D eigenvalue weighted by atomic mass is 10.1. The number of ether oxygens (including phenoxy) is 1. The lowest BCUT2D eigenvalue weighted by molar-refractivity contribution is -0.131. The maximum Gasteiger partial charge on any atom is 0.209 e. The predicted molar refractivity (Wildman–Crippen MR) is 28.0 cm³/mol. The molecule has 1 fully saturated rings. The standard InChI is InChI=1S/C5H6N2O2/c6-1-4-2-9-5(4)7-3-8/h3-5H,2H2,(H,7,8). The number of rotatable bonds is 2. The minimum absolute atomic E-state index is 0.157. The average molecular weight is 126 g/mol. The Bertz CT molecular complexity index is 152. The largest absolute Gasteiger partial charge is 0.355 e. The van der Waals surface area contributed by atoms with Gasteiger partial charge in [0.15, 0.2) is 0 Å². The van der Waals surface area contributed by atoms with E-state index in [4.69, 9.17) is 10.00 Å². The number of carbonyl (C=O) groups is 1. The van der Waals surface area contributed by atoms with Gasteiger partial charge in [0.2, 0.25) is 6.41 Å². The molecule has 2 atom stereocenters. The van der Waals surface area contributed by atoms with Crippen LogP contribution in [0.15, 0.2) is 0 Å². The van der Waals surface area contributed by atoms with E-state index in [9.17, 15) is 4.79 Å². The van der Waals surface area contributed by atoms with Crippen molar-refractivity contribution in [3.05, 3.63) is 0 Å². The highest BCUT2D eigenvalue weighted by molar-refractivity contribution is 5.46. The van der Waals surface area contributed by atoms with Crippen LogP contribution >= 0.6 is 0 Å². The summed E-state index contributed by atoms with van der Waals surface area (Å²) in [4.78, 5) is 9.77. The topological polar surface area (TPSA) is 62.1 Å². The van der Waals surface area contributed by atoms with Crippen LogP contribution in [0.4, 0.5) is 0 Å². The van der Waals surface area contributed by atoms with Crippen LogP contribution in [0.2, 0.25) is 0 Å². The number of nitrogens with one attached hydrogen (secondary N) is 1. The summed E-state index contributed by atoms with van der Waals surface area (Å²) in [7, 11) is 0. The average Bonchev–Trinajstić information content (AvgIpc) is 1.82. The number of nitrogens with zero attached hydrogens (tertiary/aromatic N) is 1. The van der Waals surface area contributed by atoms with Crippen molar-refractivity contribution in [2.75, 3.05) is 6.61 Å². The smallest absolute Gasteiger partial charge is 0.209 e. The molecule has 48 valence electrons. The highest BCUT2D eigenvalue weighted by Gasteiger charge is 2.31. The van der Waals surface area contributed by atoms with Gasteiger partial charge in [-0.25, -0.2) is 0 Å². The van der Waals surface area contributed by atoms with E-state index in [2.05, 4.69) is 5.32 Å². The van der Waals surface area contributed by atoms with E-state index in [1.54, 1.807) is 0 Å². The summed E-state index contributed by atoms with van der Waals surface area (Å²) in [5, 5.41) is 10.7. The van der Waals surface area contributed by atoms with Crippen LogP contribution in [0.3, 0.4) is 0 Å². The fourth-order valence-electron chi connectivity index (χ4n) is 0.625. The van der Waals surface area contributed by atoms with E-state index in [1.807, 2.05) is 6.07 Å². The van der Waals surface area contributed by atoms with Crippen molar-refractivity contribution in [2.45, 2.75) is 6.23 Å². The SMILES string of the molecule is N#CC1COC1NC=O. The molecule has 0 radical (unpaired) electrons. The maximum absolute atomic E-state index is 9.77. The summed E-state index contributed by atoms with van der Waals surface area (Å²) in [6.07, 6.45) is 0.168. The molecule has 0 aromatic carbocycles. The zero-order chi connectivity index (χ0) is 6.69. The Morgan fingerprint density at radius 3 is 3.00 bits per heavy atom. The Labute approximate surface area is 52.4 Å². The molecule has 0 bridgehead atoms. The summed E-state index contributed by atoms with van der Waals surface area (Å²) in [6.45, 7) is 0.433. The minimum Gasteiger partial charge on any atom is -0.355 e. The molecule has 2 unspecified atom stereocenters. The van der Waals surface area contributed by atoms with E-state index < -0.39 is 0 Å². The minimum atomic E-state index is -0.368. The highest BCUT2D eigenvalue weighted by atomic mass is 16.5. The van der Waals surface area contributed by atoms with E-state index in [0.29, 0.717) is 13.0 Å². The molecule has 0 aliphatic carbocycles. The second-order valence-corrected chi connectivity index (χ2v) is 1.77. The van der Waals surface area contributed by atoms with Crippen LogP contribution < -0.4 is 5.32 Å². The van der Waals surface area contributed by atoms with Crippen LogP contribution in [0.1, 0.15) is 0 Å². The van der Waals surface area contributed by atoms with Gasteiger partial charge in [0.25, 0.3) is 0 Å². The Morgan fingerprint density at radius 2 is 2.67 bits per heavy atom. The summed E-state index contributed by atoms with van der Waals surface area (Å²) in [5.74, 6) is -0.157. The van der Waals surface area contributed by atoms with Crippen LogP contribution in [0.5, 0.6) is 0 Å². The number of nitriles is 1. The van der Waals surface area contributed by atoms with E-state index in [0.717, 1.165) is 0 Å². The van der Waals surface area contributed by atoms with Gasteiger partial charge in [0.1, 0.15) is 12.1 Å². The van der Waals surface area contributed by atoms with Gasteiger partial charge in [-0.1, -0.05) is 0 Å². The van der Waals surface area contributed by atoms with Gasteiger partial charge >= 0.3 is 0 Å². The van der Waals surface area contributed by atoms with Crippen molar-refractivity contribution in [3.8, 4) is 6.07 Å². The second kappa shape index (κ2) is 2.46. The number of hydrogen-bond donors (Lipinski definition) is 1. The summed E-state index contributed by atoms with van der Waals surface area (Å²) in [5.41, 5.74) is 0. The van der Waals surface area contributed by atoms with Gasteiger partial charge in [-0.3, -0.25) is 4.79 Å². The van der Waals surface area contributed by atoms with Crippen LogP contribution in [-0.4, -0.2) is 19.2 Å². The monoisotopic (exact) mass is 126 g/mol. The predicted octanol–water partition coefficient (Wildman–Crippen LogP) is -0.772. The highest BCUT2D eigenvalue weighted by Crippen LogP contribution is 2.15. The first-order valence-electron chi connectivity index (χ1n) is 2.59. The summed E-state index contributed by atoms with van der Waals surface area (Å²) >= 11 is 0. The lowest BCUT2D eigenvalue weighted by Crippen LogP contribution is -2.48. The third-order valence-corrected chi connectivity index (χ3v) is 1.22. The molecule has 1 amide bonds. The van der Waals surface area contributed by atoms with E-state index in [1.165, 1.54) is 0 Å². The van der Waals surface area contributed by atoms with Crippen molar-refractivity contribution in [3.63, 3.8) is 0 Å². The molecule has 4 heteroatoms. The Balaban J connectivity index is 2.29. The Morgan fingerprint density at radius 1 is 1.89 bits per heavy atom. The molecule has 9 heavy (non-hydrogen) atoms. The first-order valence-corrected chi connectivity index (χ1v) is 2.59. The molecule has 0 saturated carbocycles. The van der Waals surface area contributed by atoms with Crippen molar-refractivity contribution >= 4 is 6.41 Å². The first-order chi connectivity index (χ1) is 4.38. The van der Waals surface area contributed by atoms with Crippen LogP contribution in [-0.2, 0) is 9.53 Å². The molecule has 0 aromatic rings. The zero-order valence-electron chi connectivity index (χ0n) is 4.70. The fraction of sp³-hybridized carbons (Fsp3) is 0.600. The molecule has 0 spiro atoms. The van der Waals surface area contributed by atoms with Crippen LogP contribution in [0, 0.1) is 17.2 Å². The van der Waals surface area contributed by atoms with E-state index in [-0.39, 0.29) is 12.1 Å². The first kappa shape index (κ1) is 6.05. The fourth-order valence-corrected chi connectivity index (χ4v) is 0.625. The number of hydrogen-bond acceptors (Lipinski definition) is 3.